The van der Waals surface area contributed by atoms with E-state index in [1.165, 1.54) is 0 Å². The van der Waals surface area contributed by atoms with Crippen molar-refractivity contribution in [3.63, 3.8) is 0 Å². The number of aliphatic hydroxyl groups is 1. The minimum Gasteiger partial charge on any atom is -0.396 e. The average molecular weight is 215 g/mol. The zero-order valence-electron chi connectivity index (χ0n) is 9.45. The van der Waals surface area contributed by atoms with Gasteiger partial charge in [0.2, 0.25) is 5.91 Å². The Bertz CT molecular complexity index is 196. The van der Waals surface area contributed by atoms with Gasteiger partial charge >= 0.3 is 0 Å². The number of rotatable bonds is 6. The fraction of sp³-hybridized carbons (Fsp3) is 0.909. The van der Waals surface area contributed by atoms with E-state index < -0.39 is 0 Å². The van der Waals surface area contributed by atoms with Crippen LogP contribution in [0.3, 0.4) is 0 Å². The Kier molecular flexibility index (Phi) is 5.65. The summed E-state index contributed by atoms with van der Waals surface area (Å²) in [5.74, 6) is 0.438. The van der Waals surface area contributed by atoms with Gasteiger partial charge in [0.05, 0.1) is 13.0 Å². The molecule has 15 heavy (non-hydrogen) atoms. The molecule has 0 aromatic heterocycles. The predicted molar refractivity (Wildman–Crippen MR) is 57.5 cm³/mol. The van der Waals surface area contributed by atoms with Gasteiger partial charge in [-0.3, -0.25) is 4.79 Å². The number of ether oxygens (including phenoxy) is 1. The molecule has 1 amide bonds. The van der Waals surface area contributed by atoms with Gasteiger partial charge < -0.3 is 14.7 Å². The Morgan fingerprint density at radius 3 is 2.93 bits per heavy atom. The van der Waals surface area contributed by atoms with Crippen LogP contribution in [0.2, 0.25) is 0 Å². The number of amides is 1. The minimum atomic E-state index is 0.155. The molecule has 88 valence electrons. The summed E-state index contributed by atoms with van der Waals surface area (Å²) in [6, 6.07) is 0. The second kappa shape index (κ2) is 6.80. The fourth-order valence-electron chi connectivity index (χ4n) is 1.77. The Balaban J connectivity index is 2.12. The first kappa shape index (κ1) is 12.5. The number of nitrogens with zero attached hydrogens (tertiary/aromatic N) is 1. The van der Waals surface area contributed by atoms with E-state index in [0.717, 1.165) is 26.0 Å². The quantitative estimate of drug-likeness (QED) is 0.662. The van der Waals surface area contributed by atoms with Gasteiger partial charge in [-0.15, -0.1) is 0 Å². The highest BCUT2D eigenvalue weighted by Crippen LogP contribution is 2.15. The number of carbonyl (C=O) groups is 1. The van der Waals surface area contributed by atoms with Crippen LogP contribution in [0.5, 0.6) is 0 Å². The Morgan fingerprint density at radius 2 is 2.33 bits per heavy atom. The average Bonchev–Trinajstić information content (AvgIpc) is 2.72. The molecule has 0 radical (unpaired) electrons. The molecule has 1 heterocycles. The first-order chi connectivity index (χ1) is 7.27. The molecule has 1 fully saturated rings. The van der Waals surface area contributed by atoms with Crippen LogP contribution in [-0.4, -0.2) is 48.8 Å². The van der Waals surface area contributed by atoms with Crippen molar-refractivity contribution in [1.29, 1.82) is 0 Å². The van der Waals surface area contributed by atoms with E-state index in [-0.39, 0.29) is 18.4 Å². The topological polar surface area (TPSA) is 49.8 Å². The Hall–Kier alpha value is -0.610. The van der Waals surface area contributed by atoms with Gasteiger partial charge in [0.25, 0.3) is 0 Å². The minimum absolute atomic E-state index is 0.155. The predicted octanol–water partition coefficient (Wildman–Crippen LogP) is 0.644. The summed E-state index contributed by atoms with van der Waals surface area (Å²) in [7, 11) is 0. The van der Waals surface area contributed by atoms with E-state index in [2.05, 4.69) is 0 Å². The molecule has 0 aromatic rings. The third kappa shape index (κ3) is 4.18. The molecule has 1 rings (SSSR count). The summed E-state index contributed by atoms with van der Waals surface area (Å²) in [5.41, 5.74) is 0. The smallest absolute Gasteiger partial charge is 0.224 e. The highest BCUT2D eigenvalue weighted by atomic mass is 16.5. The standard InChI is InChI=1S/C11H21NO3/c1-2-6-15-7-4-11(14)12-5-3-10(8-12)9-13/h10,13H,2-9H2,1H3. The lowest BCUT2D eigenvalue weighted by atomic mass is 10.1. The molecule has 1 atom stereocenters. The summed E-state index contributed by atoms with van der Waals surface area (Å²) in [6.07, 6.45) is 2.39. The molecule has 0 aliphatic carbocycles. The summed E-state index contributed by atoms with van der Waals surface area (Å²) < 4.78 is 5.27. The SMILES string of the molecule is CCCOCCC(=O)N1CCC(CO)C1. The van der Waals surface area contributed by atoms with Crippen LogP contribution in [0.25, 0.3) is 0 Å². The summed E-state index contributed by atoms with van der Waals surface area (Å²) >= 11 is 0. The lowest BCUT2D eigenvalue weighted by Crippen LogP contribution is -2.29. The second-order valence-electron chi connectivity index (χ2n) is 4.04. The van der Waals surface area contributed by atoms with Gasteiger partial charge in [0.15, 0.2) is 0 Å². The maximum atomic E-state index is 11.6. The maximum Gasteiger partial charge on any atom is 0.224 e. The lowest BCUT2D eigenvalue weighted by Gasteiger charge is -2.15. The van der Waals surface area contributed by atoms with Crippen molar-refractivity contribution in [2.75, 3.05) is 32.9 Å². The van der Waals surface area contributed by atoms with Gasteiger partial charge in [0.1, 0.15) is 0 Å². The van der Waals surface area contributed by atoms with E-state index in [1.54, 1.807) is 0 Å². The maximum absolute atomic E-state index is 11.6. The molecular weight excluding hydrogens is 194 g/mol. The Morgan fingerprint density at radius 1 is 1.53 bits per heavy atom. The van der Waals surface area contributed by atoms with Crippen LogP contribution in [-0.2, 0) is 9.53 Å². The molecule has 0 spiro atoms. The van der Waals surface area contributed by atoms with E-state index in [0.29, 0.717) is 19.6 Å². The van der Waals surface area contributed by atoms with Crippen molar-refractivity contribution in [1.82, 2.24) is 4.90 Å². The number of likely N-dealkylation sites (tertiary alicyclic amines) is 1. The first-order valence-electron chi connectivity index (χ1n) is 5.74. The van der Waals surface area contributed by atoms with Crippen molar-refractivity contribution in [2.24, 2.45) is 5.92 Å². The molecular formula is C11H21NO3. The number of aliphatic hydroxyl groups excluding tert-OH is 1. The van der Waals surface area contributed by atoms with Crippen LogP contribution < -0.4 is 0 Å². The van der Waals surface area contributed by atoms with E-state index >= 15 is 0 Å². The molecule has 4 nitrogen and oxygen atoms in total. The van der Waals surface area contributed by atoms with Crippen LogP contribution >= 0.6 is 0 Å². The highest BCUT2D eigenvalue weighted by molar-refractivity contribution is 5.76. The molecule has 4 heteroatoms. The summed E-state index contributed by atoms with van der Waals surface area (Å²) in [5, 5.41) is 8.95. The number of hydrogen-bond donors (Lipinski definition) is 1. The fourth-order valence-corrected chi connectivity index (χ4v) is 1.77. The van der Waals surface area contributed by atoms with Gasteiger partial charge in [-0.25, -0.2) is 0 Å². The summed E-state index contributed by atoms with van der Waals surface area (Å²) in [6.45, 7) is 4.99. The van der Waals surface area contributed by atoms with Gasteiger partial charge in [0, 0.05) is 32.2 Å². The summed E-state index contributed by atoms with van der Waals surface area (Å²) in [4.78, 5) is 13.5. The largest absolute Gasteiger partial charge is 0.396 e. The van der Waals surface area contributed by atoms with Crippen molar-refractivity contribution in [2.45, 2.75) is 26.2 Å². The molecule has 1 aliphatic heterocycles. The Labute approximate surface area is 91.2 Å². The van der Waals surface area contributed by atoms with E-state index in [4.69, 9.17) is 9.84 Å². The lowest BCUT2D eigenvalue weighted by molar-refractivity contribution is -0.131. The number of carbonyl (C=O) groups excluding carboxylic acids is 1. The van der Waals surface area contributed by atoms with Crippen LogP contribution in [0.1, 0.15) is 26.2 Å². The van der Waals surface area contributed by atoms with E-state index in [9.17, 15) is 4.79 Å². The van der Waals surface area contributed by atoms with Crippen LogP contribution in [0.15, 0.2) is 0 Å². The number of hydrogen-bond acceptors (Lipinski definition) is 3. The van der Waals surface area contributed by atoms with Crippen LogP contribution in [0, 0.1) is 5.92 Å². The first-order valence-corrected chi connectivity index (χ1v) is 5.74. The molecule has 1 N–H and O–H groups in total. The molecule has 0 bridgehead atoms. The third-order valence-electron chi connectivity index (χ3n) is 2.71. The molecule has 0 saturated carbocycles. The van der Waals surface area contributed by atoms with E-state index in [1.807, 2.05) is 11.8 Å². The molecule has 1 aliphatic rings. The zero-order valence-corrected chi connectivity index (χ0v) is 9.45. The van der Waals surface area contributed by atoms with Gasteiger partial charge in [-0.05, 0) is 12.8 Å². The van der Waals surface area contributed by atoms with Crippen molar-refractivity contribution in [3.8, 4) is 0 Å². The normalized spacial score (nSPS) is 20.9. The third-order valence-corrected chi connectivity index (χ3v) is 2.71. The van der Waals surface area contributed by atoms with Crippen LogP contribution in [0.4, 0.5) is 0 Å². The highest BCUT2D eigenvalue weighted by Gasteiger charge is 2.24. The van der Waals surface area contributed by atoms with Crippen molar-refractivity contribution >= 4 is 5.91 Å². The molecule has 1 saturated heterocycles. The zero-order chi connectivity index (χ0) is 11.1. The van der Waals surface area contributed by atoms with Crippen molar-refractivity contribution in [3.05, 3.63) is 0 Å². The molecule has 0 aromatic carbocycles. The van der Waals surface area contributed by atoms with Gasteiger partial charge in [-0.1, -0.05) is 6.92 Å². The second-order valence-corrected chi connectivity index (χ2v) is 4.04. The molecule has 1 unspecified atom stereocenters. The van der Waals surface area contributed by atoms with Crippen molar-refractivity contribution < 1.29 is 14.6 Å². The van der Waals surface area contributed by atoms with Gasteiger partial charge in [-0.2, -0.15) is 0 Å². The monoisotopic (exact) mass is 215 g/mol.